The normalized spacial score (nSPS) is 20.9. The number of imide groups is 1. The molecule has 1 aromatic carbocycles. The van der Waals surface area contributed by atoms with Gasteiger partial charge in [0.15, 0.2) is 0 Å². The third-order valence-electron chi connectivity index (χ3n) is 3.65. The van der Waals surface area contributed by atoms with Crippen molar-refractivity contribution in [3.8, 4) is 0 Å². The van der Waals surface area contributed by atoms with Crippen LogP contribution in [0, 0.1) is 0 Å². The number of carbonyl (C=O) groups is 2. The molecule has 0 saturated heterocycles. The zero-order valence-electron chi connectivity index (χ0n) is 11.3. The first-order valence-corrected chi connectivity index (χ1v) is 6.67. The van der Waals surface area contributed by atoms with E-state index in [4.69, 9.17) is 4.74 Å². The number of rotatable bonds is 3. The zero-order chi connectivity index (χ0) is 14.1. The maximum atomic E-state index is 11.9. The Kier molecular flexibility index (Phi) is 3.18. The van der Waals surface area contributed by atoms with E-state index in [0.717, 1.165) is 23.4 Å². The molecule has 0 saturated carbocycles. The van der Waals surface area contributed by atoms with E-state index in [1.807, 2.05) is 12.1 Å². The molecule has 2 heterocycles. The highest BCUT2D eigenvalue weighted by molar-refractivity contribution is 6.21. The standard InChI is InChI=1S/C15H16N2O3/c1-17-14(18)12-6-5-10(8-13(12)15(17)19)16-9-11-4-2-3-7-20-11/h3,5-8,11,16H,2,4,9H2,1H3. The van der Waals surface area contributed by atoms with E-state index in [0.29, 0.717) is 17.7 Å². The number of amides is 2. The summed E-state index contributed by atoms with van der Waals surface area (Å²) in [5.41, 5.74) is 1.77. The lowest BCUT2D eigenvalue weighted by Gasteiger charge is -2.20. The Morgan fingerprint density at radius 3 is 2.85 bits per heavy atom. The summed E-state index contributed by atoms with van der Waals surface area (Å²) in [5, 5.41) is 3.25. The van der Waals surface area contributed by atoms with Crippen molar-refractivity contribution in [2.45, 2.75) is 18.9 Å². The Hall–Kier alpha value is -2.30. The molecule has 0 aliphatic carbocycles. The second kappa shape index (κ2) is 5.00. The second-order valence-electron chi connectivity index (χ2n) is 5.02. The number of hydrogen-bond acceptors (Lipinski definition) is 4. The minimum absolute atomic E-state index is 0.147. The average molecular weight is 272 g/mol. The van der Waals surface area contributed by atoms with Gasteiger partial charge in [-0.15, -0.1) is 0 Å². The first kappa shape index (κ1) is 12.7. The third-order valence-corrected chi connectivity index (χ3v) is 3.65. The quantitative estimate of drug-likeness (QED) is 0.855. The molecule has 0 spiro atoms. The average Bonchev–Trinajstić information content (AvgIpc) is 2.71. The van der Waals surface area contributed by atoms with Gasteiger partial charge in [-0.3, -0.25) is 14.5 Å². The lowest BCUT2D eigenvalue weighted by Crippen LogP contribution is -2.24. The Labute approximate surface area is 117 Å². The van der Waals surface area contributed by atoms with E-state index >= 15 is 0 Å². The summed E-state index contributed by atoms with van der Waals surface area (Å²) >= 11 is 0. The van der Waals surface area contributed by atoms with Gasteiger partial charge in [-0.2, -0.15) is 0 Å². The van der Waals surface area contributed by atoms with Gasteiger partial charge in [0, 0.05) is 12.7 Å². The van der Waals surface area contributed by atoms with E-state index in [-0.39, 0.29) is 17.9 Å². The summed E-state index contributed by atoms with van der Waals surface area (Å²) in [6.07, 6.45) is 5.89. The molecule has 2 amide bonds. The molecule has 0 bridgehead atoms. The molecule has 2 aliphatic rings. The van der Waals surface area contributed by atoms with Crippen LogP contribution >= 0.6 is 0 Å². The molecule has 0 aromatic heterocycles. The number of fused-ring (bicyclic) bond motifs is 1. The van der Waals surface area contributed by atoms with Gasteiger partial charge in [-0.05, 0) is 37.1 Å². The monoisotopic (exact) mass is 272 g/mol. The molecule has 1 atom stereocenters. The summed E-state index contributed by atoms with van der Waals surface area (Å²) in [5.74, 6) is -0.484. The van der Waals surface area contributed by atoms with Crippen molar-refractivity contribution >= 4 is 17.5 Å². The summed E-state index contributed by atoms with van der Waals surface area (Å²) in [7, 11) is 1.50. The van der Waals surface area contributed by atoms with Crippen LogP contribution in [-0.2, 0) is 4.74 Å². The van der Waals surface area contributed by atoms with Gasteiger partial charge in [-0.1, -0.05) is 0 Å². The number of carbonyl (C=O) groups excluding carboxylic acids is 2. The number of ether oxygens (including phenoxy) is 1. The number of hydrogen-bond donors (Lipinski definition) is 1. The molecular weight excluding hydrogens is 256 g/mol. The van der Waals surface area contributed by atoms with Gasteiger partial charge in [0.25, 0.3) is 11.8 Å². The maximum Gasteiger partial charge on any atom is 0.261 e. The molecular formula is C15H16N2O3. The number of benzene rings is 1. The highest BCUT2D eigenvalue weighted by Crippen LogP contribution is 2.25. The minimum atomic E-state index is -0.245. The molecule has 1 unspecified atom stereocenters. The molecule has 1 aromatic rings. The molecule has 2 aliphatic heterocycles. The van der Waals surface area contributed by atoms with Gasteiger partial charge in [0.2, 0.25) is 0 Å². The summed E-state index contributed by atoms with van der Waals surface area (Å²) in [6, 6.07) is 5.25. The van der Waals surface area contributed by atoms with E-state index in [1.54, 1.807) is 18.4 Å². The molecule has 3 rings (SSSR count). The molecule has 1 N–H and O–H groups in total. The fourth-order valence-electron chi connectivity index (χ4n) is 2.44. The smallest absolute Gasteiger partial charge is 0.261 e. The van der Waals surface area contributed by atoms with Crippen LogP contribution in [0.4, 0.5) is 5.69 Å². The van der Waals surface area contributed by atoms with E-state index in [2.05, 4.69) is 5.32 Å². The van der Waals surface area contributed by atoms with Crippen molar-refractivity contribution in [3.63, 3.8) is 0 Å². The van der Waals surface area contributed by atoms with Crippen molar-refractivity contribution in [2.75, 3.05) is 18.9 Å². The third kappa shape index (κ3) is 2.15. The van der Waals surface area contributed by atoms with E-state index < -0.39 is 0 Å². The second-order valence-corrected chi connectivity index (χ2v) is 5.02. The fourth-order valence-corrected chi connectivity index (χ4v) is 2.44. The van der Waals surface area contributed by atoms with Crippen LogP contribution in [0.25, 0.3) is 0 Å². The Bertz CT molecular complexity index is 595. The van der Waals surface area contributed by atoms with Gasteiger partial charge in [0.1, 0.15) is 6.10 Å². The van der Waals surface area contributed by atoms with Crippen LogP contribution in [0.3, 0.4) is 0 Å². The Morgan fingerprint density at radius 2 is 2.10 bits per heavy atom. The van der Waals surface area contributed by atoms with Crippen LogP contribution in [0.1, 0.15) is 33.6 Å². The largest absolute Gasteiger partial charge is 0.497 e. The van der Waals surface area contributed by atoms with Crippen molar-refractivity contribution in [1.82, 2.24) is 4.90 Å². The van der Waals surface area contributed by atoms with Crippen molar-refractivity contribution in [1.29, 1.82) is 0 Å². The highest BCUT2D eigenvalue weighted by Gasteiger charge is 2.32. The van der Waals surface area contributed by atoms with Crippen LogP contribution < -0.4 is 5.32 Å². The van der Waals surface area contributed by atoms with Crippen LogP contribution in [0.15, 0.2) is 30.5 Å². The van der Waals surface area contributed by atoms with Crippen LogP contribution in [0.5, 0.6) is 0 Å². The van der Waals surface area contributed by atoms with E-state index in [1.165, 1.54) is 7.05 Å². The predicted molar refractivity (Wildman–Crippen MR) is 74.6 cm³/mol. The number of nitrogens with zero attached hydrogens (tertiary/aromatic N) is 1. The molecule has 104 valence electrons. The number of nitrogens with one attached hydrogen (secondary N) is 1. The topological polar surface area (TPSA) is 58.6 Å². The summed E-state index contributed by atoms with van der Waals surface area (Å²) < 4.78 is 5.48. The highest BCUT2D eigenvalue weighted by atomic mass is 16.5. The van der Waals surface area contributed by atoms with Gasteiger partial charge in [0.05, 0.1) is 23.9 Å². The zero-order valence-corrected chi connectivity index (χ0v) is 11.3. The van der Waals surface area contributed by atoms with Gasteiger partial charge >= 0.3 is 0 Å². The van der Waals surface area contributed by atoms with Crippen molar-refractivity contribution < 1.29 is 14.3 Å². The lowest BCUT2D eigenvalue weighted by atomic mass is 10.1. The van der Waals surface area contributed by atoms with E-state index in [9.17, 15) is 9.59 Å². The first-order valence-electron chi connectivity index (χ1n) is 6.67. The maximum absolute atomic E-state index is 11.9. The predicted octanol–water partition coefficient (Wildman–Crippen LogP) is 2.02. The van der Waals surface area contributed by atoms with Gasteiger partial charge in [-0.25, -0.2) is 0 Å². The molecule has 5 nitrogen and oxygen atoms in total. The van der Waals surface area contributed by atoms with Gasteiger partial charge < -0.3 is 10.1 Å². The molecule has 0 fully saturated rings. The Balaban J connectivity index is 1.72. The lowest BCUT2D eigenvalue weighted by molar-refractivity contribution is 0.0693. The first-order chi connectivity index (χ1) is 9.66. The molecule has 5 heteroatoms. The number of allylic oxidation sites excluding steroid dienone is 1. The number of anilines is 1. The van der Waals surface area contributed by atoms with Crippen LogP contribution in [-0.4, -0.2) is 36.4 Å². The fraction of sp³-hybridized carbons (Fsp3) is 0.333. The van der Waals surface area contributed by atoms with Crippen molar-refractivity contribution in [2.24, 2.45) is 0 Å². The molecule has 20 heavy (non-hydrogen) atoms. The summed E-state index contributed by atoms with van der Waals surface area (Å²) in [4.78, 5) is 24.8. The Morgan fingerprint density at radius 1 is 1.30 bits per heavy atom. The van der Waals surface area contributed by atoms with Crippen molar-refractivity contribution in [3.05, 3.63) is 41.7 Å². The molecule has 0 radical (unpaired) electrons. The SMILES string of the molecule is CN1C(=O)c2ccc(NCC3CCC=CO3)cc2C1=O. The van der Waals surface area contributed by atoms with Crippen LogP contribution in [0.2, 0.25) is 0 Å². The summed E-state index contributed by atoms with van der Waals surface area (Å²) in [6.45, 7) is 0.682. The minimum Gasteiger partial charge on any atom is -0.497 e.